The summed E-state index contributed by atoms with van der Waals surface area (Å²) in [6.07, 6.45) is 1.93. The number of ether oxygens (including phenoxy) is 2. The van der Waals surface area contributed by atoms with Gasteiger partial charge in [0.1, 0.15) is 17.1 Å². The highest BCUT2D eigenvalue weighted by atomic mass is 32.2. The van der Waals surface area contributed by atoms with Crippen molar-refractivity contribution in [3.63, 3.8) is 0 Å². The molecule has 1 amide bonds. The zero-order chi connectivity index (χ0) is 23.8. The Morgan fingerprint density at radius 1 is 1.18 bits per heavy atom. The van der Waals surface area contributed by atoms with Crippen LogP contribution in [0.3, 0.4) is 0 Å². The summed E-state index contributed by atoms with van der Waals surface area (Å²) in [6.45, 7) is 6.51. The number of hydrogen-bond acceptors (Lipinski definition) is 5. The summed E-state index contributed by atoms with van der Waals surface area (Å²) in [5, 5.41) is 3.18. The lowest BCUT2D eigenvalue weighted by molar-refractivity contribution is -0.127. The first-order valence-electron chi connectivity index (χ1n) is 11.3. The van der Waals surface area contributed by atoms with Crippen molar-refractivity contribution in [2.75, 3.05) is 20.2 Å². The van der Waals surface area contributed by atoms with Crippen LogP contribution in [-0.4, -0.2) is 44.4 Å². The van der Waals surface area contributed by atoms with Crippen LogP contribution in [0.4, 0.5) is 0 Å². The summed E-state index contributed by atoms with van der Waals surface area (Å²) in [7, 11) is -2.03. The molecule has 0 spiro atoms. The van der Waals surface area contributed by atoms with Gasteiger partial charge in [-0.3, -0.25) is 4.79 Å². The molecule has 2 aliphatic rings. The quantitative estimate of drug-likeness (QED) is 0.715. The van der Waals surface area contributed by atoms with Crippen molar-refractivity contribution >= 4 is 15.9 Å². The molecule has 2 aliphatic heterocycles. The predicted molar refractivity (Wildman–Crippen MR) is 126 cm³/mol. The van der Waals surface area contributed by atoms with Crippen LogP contribution < -0.4 is 14.8 Å². The number of hydrogen-bond donors (Lipinski definition) is 1. The summed E-state index contributed by atoms with van der Waals surface area (Å²) in [4.78, 5) is 13.5. The van der Waals surface area contributed by atoms with Crippen LogP contribution in [-0.2, 0) is 14.8 Å². The number of piperidine rings is 1. The van der Waals surface area contributed by atoms with Crippen molar-refractivity contribution in [3.8, 4) is 11.5 Å². The number of carbonyl (C=O) groups excluding carboxylic acids is 1. The minimum absolute atomic E-state index is 0.122. The molecule has 4 rings (SSSR count). The van der Waals surface area contributed by atoms with E-state index in [1.807, 2.05) is 39.0 Å². The number of nitrogens with zero attached hydrogens (tertiary/aromatic N) is 1. The van der Waals surface area contributed by atoms with Crippen molar-refractivity contribution < 1.29 is 22.7 Å². The zero-order valence-electron chi connectivity index (χ0n) is 19.6. The van der Waals surface area contributed by atoms with E-state index >= 15 is 0 Å². The molecule has 0 aromatic heterocycles. The molecular formula is C25H32N2O5S. The number of methoxy groups -OCH3 is 1. The van der Waals surface area contributed by atoms with Gasteiger partial charge >= 0.3 is 0 Å². The van der Waals surface area contributed by atoms with Crippen molar-refractivity contribution in [1.29, 1.82) is 0 Å². The normalized spacial score (nSPS) is 22.7. The molecule has 2 atom stereocenters. The smallest absolute Gasteiger partial charge is 0.243 e. The number of aryl methyl sites for hydroxylation is 1. The molecule has 0 unspecified atom stereocenters. The lowest BCUT2D eigenvalue weighted by atomic mass is 9.88. The van der Waals surface area contributed by atoms with Gasteiger partial charge in [0.25, 0.3) is 0 Å². The molecule has 2 aromatic carbocycles. The molecule has 1 fully saturated rings. The first kappa shape index (κ1) is 23.6. The second-order valence-corrected chi connectivity index (χ2v) is 11.5. The van der Waals surface area contributed by atoms with Gasteiger partial charge in [0.15, 0.2) is 0 Å². The fourth-order valence-electron chi connectivity index (χ4n) is 4.61. The minimum atomic E-state index is -3.63. The van der Waals surface area contributed by atoms with Gasteiger partial charge in [0.2, 0.25) is 15.9 Å². The van der Waals surface area contributed by atoms with Crippen molar-refractivity contribution in [3.05, 3.63) is 53.6 Å². The molecule has 0 saturated carbocycles. The second kappa shape index (κ2) is 8.99. The highest BCUT2D eigenvalue weighted by Crippen LogP contribution is 2.41. The molecule has 0 aliphatic carbocycles. The monoisotopic (exact) mass is 472 g/mol. The van der Waals surface area contributed by atoms with Gasteiger partial charge in [0.05, 0.1) is 24.0 Å². The van der Waals surface area contributed by atoms with Crippen LogP contribution >= 0.6 is 0 Å². The lowest BCUT2D eigenvalue weighted by Gasteiger charge is -2.39. The Morgan fingerprint density at radius 2 is 1.91 bits per heavy atom. The maximum Gasteiger partial charge on any atom is 0.243 e. The summed E-state index contributed by atoms with van der Waals surface area (Å²) >= 11 is 0. The van der Waals surface area contributed by atoms with Crippen LogP contribution in [0.25, 0.3) is 0 Å². The fraction of sp³-hybridized carbons (Fsp3) is 0.480. The van der Waals surface area contributed by atoms with Crippen LogP contribution in [0.5, 0.6) is 11.5 Å². The minimum Gasteiger partial charge on any atom is -0.497 e. The van der Waals surface area contributed by atoms with E-state index in [4.69, 9.17) is 9.47 Å². The molecule has 2 aromatic rings. The molecular weight excluding hydrogens is 440 g/mol. The topological polar surface area (TPSA) is 84.9 Å². The largest absolute Gasteiger partial charge is 0.497 e. The first-order valence-corrected chi connectivity index (χ1v) is 12.8. The molecule has 8 heteroatoms. The number of amides is 1. The van der Waals surface area contributed by atoms with E-state index in [1.165, 1.54) is 4.31 Å². The number of rotatable bonds is 5. The summed E-state index contributed by atoms with van der Waals surface area (Å²) in [5.74, 6) is 0.874. The lowest BCUT2D eigenvalue weighted by Crippen LogP contribution is -2.48. The average Bonchev–Trinajstić information content (AvgIpc) is 2.78. The third-order valence-corrected chi connectivity index (χ3v) is 8.29. The highest BCUT2D eigenvalue weighted by molar-refractivity contribution is 7.89. The Balaban J connectivity index is 1.50. The Hall–Kier alpha value is -2.58. The third-order valence-electron chi connectivity index (χ3n) is 6.41. The maximum atomic E-state index is 13.3. The number of nitrogens with one attached hydrogen (secondary N) is 1. The molecule has 2 heterocycles. The summed E-state index contributed by atoms with van der Waals surface area (Å²) in [5.41, 5.74) is 1.45. The van der Waals surface area contributed by atoms with E-state index in [0.29, 0.717) is 37.3 Å². The predicted octanol–water partition coefficient (Wildman–Crippen LogP) is 3.82. The van der Waals surface area contributed by atoms with E-state index in [2.05, 4.69) is 5.32 Å². The number of benzene rings is 2. The van der Waals surface area contributed by atoms with Crippen molar-refractivity contribution in [2.45, 2.75) is 56.6 Å². The van der Waals surface area contributed by atoms with Gasteiger partial charge in [-0.05, 0) is 57.9 Å². The molecule has 7 nitrogen and oxygen atoms in total. The number of sulfonamides is 1. The molecule has 0 radical (unpaired) electrons. The second-order valence-electron chi connectivity index (χ2n) is 9.55. The van der Waals surface area contributed by atoms with Gasteiger partial charge < -0.3 is 14.8 Å². The van der Waals surface area contributed by atoms with Gasteiger partial charge in [-0.15, -0.1) is 0 Å². The average molecular weight is 473 g/mol. The van der Waals surface area contributed by atoms with Crippen molar-refractivity contribution in [1.82, 2.24) is 9.62 Å². The van der Waals surface area contributed by atoms with E-state index in [1.54, 1.807) is 31.4 Å². The maximum absolute atomic E-state index is 13.3. The molecule has 1 N–H and O–H groups in total. The molecule has 1 saturated heterocycles. The van der Waals surface area contributed by atoms with E-state index in [-0.39, 0.29) is 23.4 Å². The van der Waals surface area contributed by atoms with Crippen LogP contribution in [0.2, 0.25) is 0 Å². The van der Waals surface area contributed by atoms with E-state index < -0.39 is 21.5 Å². The van der Waals surface area contributed by atoms with Gasteiger partial charge in [-0.25, -0.2) is 8.42 Å². The fourth-order valence-corrected chi connectivity index (χ4v) is 6.14. The SMILES string of the molecule is COc1ccc2c(c1)OC(C)(C)C[C@H]2NC(=O)[C@H]1CCCN(S(=O)(=O)c2ccc(C)cc2)C1. The van der Waals surface area contributed by atoms with Gasteiger partial charge in [-0.1, -0.05) is 17.7 Å². The standard InChI is InChI=1S/C25H32N2O5S/c1-17-7-10-20(11-8-17)33(29,30)27-13-5-6-18(16-27)24(28)26-22-15-25(2,3)32-23-14-19(31-4)9-12-21(22)23/h7-12,14,18,22H,5-6,13,15-16H2,1-4H3,(H,26,28)/t18-,22+/m0/s1. The van der Waals surface area contributed by atoms with Gasteiger partial charge in [-0.2, -0.15) is 4.31 Å². The third kappa shape index (κ3) is 5.01. The Labute approximate surface area is 196 Å². The number of fused-ring (bicyclic) bond motifs is 1. The van der Waals surface area contributed by atoms with Gasteiger partial charge in [0, 0.05) is 31.1 Å². The van der Waals surface area contributed by atoms with E-state index in [0.717, 1.165) is 11.1 Å². The van der Waals surface area contributed by atoms with Crippen LogP contribution in [0.1, 0.15) is 50.3 Å². The summed E-state index contributed by atoms with van der Waals surface area (Å²) in [6, 6.07) is 12.2. The first-order chi connectivity index (χ1) is 15.6. The Kier molecular flexibility index (Phi) is 6.42. The Bertz CT molecular complexity index is 1130. The molecule has 178 valence electrons. The Morgan fingerprint density at radius 3 is 2.61 bits per heavy atom. The van der Waals surface area contributed by atoms with Crippen LogP contribution in [0, 0.1) is 12.8 Å². The molecule has 0 bridgehead atoms. The zero-order valence-corrected chi connectivity index (χ0v) is 20.4. The summed E-state index contributed by atoms with van der Waals surface area (Å²) < 4.78 is 39.1. The van der Waals surface area contributed by atoms with Crippen LogP contribution in [0.15, 0.2) is 47.4 Å². The van der Waals surface area contributed by atoms with E-state index in [9.17, 15) is 13.2 Å². The number of carbonyl (C=O) groups is 1. The highest BCUT2D eigenvalue weighted by Gasteiger charge is 2.38. The van der Waals surface area contributed by atoms with Crippen molar-refractivity contribution in [2.24, 2.45) is 5.92 Å². The molecule has 33 heavy (non-hydrogen) atoms.